The summed E-state index contributed by atoms with van der Waals surface area (Å²) in [5, 5.41) is 2.84. The fraction of sp³-hybridized carbons (Fsp3) is 0.300. The Morgan fingerprint density at radius 1 is 1.15 bits per heavy atom. The summed E-state index contributed by atoms with van der Waals surface area (Å²) in [6.07, 6.45) is 0. The van der Waals surface area contributed by atoms with E-state index in [-0.39, 0.29) is 18.4 Å². The van der Waals surface area contributed by atoms with Crippen LogP contribution in [-0.4, -0.2) is 43.5 Å². The Balaban J connectivity index is 1.78. The molecule has 6 nitrogen and oxygen atoms in total. The van der Waals surface area contributed by atoms with Crippen molar-refractivity contribution in [1.29, 1.82) is 0 Å². The van der Waals surface area contributed by atoms with E-state index >= 15 is 0 Å². The van der Waals surface area contributed by atoms with Gasteiger partial charge < -0.3 is 19.7 Å². The van der Waals surface area contributed by atoms with Crippen molar-refractivity contribution in [3.63, 3.8) is 0 Å². The quantitative estimate of drug-likeness (QED) is 0.893. The summed E-state index contributed by atoms with van der Waals surface area (Å²) in [7, 11) is 1.55. The molecule has 2 amide bonds. The largest absolute Gasteiger partial charge is 0.493 e. The van der Waals surface area contributed by atoms with E-state index in [2.05, 4.69) is 5.32 Å². The number of carbonyl (C=O) groups excluding carboxylic acids is 2. The maximum Gasteiger partial charge on any atom is 0.261 e. The second-order valence-electron chi connectivity index (χ2n) is 6.08. The molecule has 2 aromatic carbocycles. The maximum atomic E-state index is 12.8. The van der Waals surface area contributed by atoms with E-state index in [0.717, 1.165) is 11.1 Å². The number of methoxy groups -OCH3 is 1. The number of hydrogen-bond donors (Lipinski definition) is 1. The number of nitrogens with zero attached hydrogens (tertiary/aromatic N) is 1. The summed E-state index contributed by atoms with van der Waals surface area (Å²) in [5.74, 6) is 0.652. The van der Waals surface area contributed by atoms with Crippen LogP contribution in [0.1, 0.15) is 17.2 Å². The van der Waals surface area contributed by atoms with Gasteiger partial charge in [0.25, 0.3) is 5.91 Å². The average molecular weight is 354 g/mol. The molecule has 1 atom stereocenters. The van der Waals surface area contributed by atoms with Crippen LogP contribution in [0.3, 0.4) is 0 Å². The number of aryl methyl sites for hydroxylation is 1. The fourth-order valence-electron chi connectivity index (χ4n) is 3.10. The van der Waals surface area contributed by atoms with Crippen LogP contribution >= 0.6 is 0 Å². The lowest BCUT2D eigenvalue weighted by atomic mass is 9.97. The summed E-state index contributed by atoms with van der Waals surface area (Å²) < 4.78 is 10.9. The first kappa shape index (κ1) is 17.8. The van der Waals surface area contributed by atoms with Gasteiger partial charge in [0, 0.05) is 13.1 Å². The summed E-state index contributed by atoms with van der Waals surface area (Å²) in [4.78, 5) is 26.8. The van der Waals surface area contributed by atoms with E-state index < -0.39 is 6.04 Å². The standard InChI is InChI=1S/C20H22N2O4/c1-14-7-3-4-8-15(14)19-20(24)21-11-12-22(19)18(23)13-26-17-10-6-5-9-16(17)25-2/h3-10,19H,11-13H2,1-2H3,(H,21,24). The number of hydrogen-bond acceptors (Lipinski definition) is 4. The molecule has 0 saturated carbocycles. The van der Waals surface area contributed by atoms with Gasteiger partial charge in [-0.2, -0.15) is 0 Å². The summed E-state index contributed by atoms with van der Waals surface area (Å²) in [5.41, 5.74) is 1.80. The highest BCUT2D eigenvalue weighted by Crippen LogP contribution is 2.28. The van der Waals surface area contributed by atoms with E-state index in [1.807, 2.05) is 43.3 Å². The predicted molar refractivity (Wildman–Crippen MR) is 97.1 cm³/mol. The Morgan fingerprint density at radius 3 is 2.58 bits per heavy atom. The van der Waals surface area contributed by atoms with Gasteiger partial charge in [0.2, 0.25) is 5.91 Å². The van der Waals surface area contributed by atoms with Crippen molar-refractivity contribution < 1.29 is 19.1 Å². The molecule has 2 aromatic rings. The highest BCUT2D eigenvalue weighted by atomic mass is 16.5. The van der Waals surface area contributed by atoms with E-state index in [0.29, 0.717) is 24.6 Å². The zero-order valence-electron chi connectivity index (χ0n) is 14.9. The molecule has 0 spiro atoms. The number of ether oxygens (including phenoxy) is 2. The molecule has 3 rings (SSSR count). The Morgan fingerprint density at radius 2 is 1.85 bits per heavy atom. The van der Waals surface area contributed by atoms with Gasteiger partial charge >= 0.3 is 0 Å². The summed E-state index contributed by atoms with van der Waals surface area (Å²) in [6.45, 7) is 2.65. The van der Waals surface area contributed by atoms with Crippen LogP contribution in [0.4, 0.5) is 0 Å². The predicted octanol–water partition coefficient (Wildman–Crippen LogP) is 2.08. The van der Waals surface area contributed by atoms with Crippen LogP contribution in [0.25, 0.3) is 0 Å². The van der Waals surface area contributed by atoms with Crippen LogP contribution in [0.5, 0.6) is 11.5 Å². The molecule has 1 aliphatic heterocycles. The van der Waals surface area contributed by atoms with Gasteiger partial charge in [-0.25, -0.2) is 0 Å². The smallest absolute Gasteiger partial charge is 0.261 e. The lowest BCUT2D eigenvalue weighted by Gasteiger charge is -2.35. The molecule has 26 heavy (non-hydrogen) atoms. The first-order valence-electron chi connectivity index (χ1n) is 8.50. The highest BCUT2D eigenvalue weighted by molar-refractivity contribution is 5.90. The highest BCUT2D eigenvalue weighted by Gasteiger charge is 2.35. The Bertz CT molecular complexity index is 806. The number of rotatable bonds is 5. The zero-order valence-corrected chi connectivity index (χ0v) is 14.9. The first-order chi connectivity index (χ1) is 12.6. The molecule has 0 aliphatic carbocycles. The second kappa shape index (κ2) is 7.91. The van der Waals surface area contributed by atoms with Gasteiger partial charge in [-0.05, 0) is 30.2 Å². The Hall–Kier alpha value is -3.02. The molecule has 0 bridgehead atoms. The van der Waals surface area contributed by atoms with E-state index in [1.165, 1.54) is 0 Å². The molecule has 0 aromatic heterocycles. The van der Waals surface area contributed by atoms with Crippen LogP contribution in [-0.2, 0) is 9.59 Å². The van der Waals surface area contributed by atoms with Crippen LogP contribution in [0, 0.1) is 6.92 Å². The van der Waals surface area contributed by atoms with E-state index in [1.54, 1.807) is 24.1 Å². The molecular formula is C20H22N2O4. The van der Waals surface area contributed by atoms with Crippen LogP contribution in [0.2, 0.25) is 0 Å². The van der Waals surface area contributed by atoms with Crippen molar-refractivity contribution in [2.24, 2.45) is 0 Å². The van der Waals surface area contributed by atoms with Crippen molar-refractivity contribution in [3.8, 4) is 11.5 Å². The minimum absolute atomic E-state index is 0.157. The van der Waals surface area contributed by atoms with E-state index in [4.69, 9.17) is 9.47 Å². The fourth-order valence-corrected chi connectivity index (χ4v) is 3.10. The number of piperazine rings is 1. The monoisotopic (exact) mass is 354 g/mol. The molecule has 1 saturated heterocycles. The molecule has 1 aliphatic rings. The number of amides is 2. The molecule has 1 N–H and O–H groups in total. The summed E-state index contributed by atoms with van der Waals surface area (Å²) in [6, 6.07) is 14.1. The number of nitrogens with one attached hydrogen (secondary N) is 1. The maximum absolute atomic E-state index is 12.8. The zero-order chi connectivity index (χ0) is 18.5. The van der Waals surface area contributed by atoms with Crippen molar-refractivity contribution in [2.45, 2.75) is 13.0 Å². The second-order valence-corrected chi connectivity index (χ2v) is 6.08. The first-order valence-corrected chi connectivity index (χ1v) is 8.50. The average Bonchev–Trinajstić information content (AvgIpc) is 2.67. The molecule has 1 heterocycles. The third kappa shape index (κ3) is 3.64. The molecule has 6 heteroatoms. The minimum atomic E-state index is -0.640. The topological polar surface area (TPSA) is 67.9 Å². The van der Waals surface area contributed by atoms with Crippen molar-refractivity contribution in [2.75, 3.05) is 26.8 Å². The normalized spacial score (nSPS) is 16.8. The van der Waals surface area contributed by atoms with Gasteiger partial charge in [-0.15, -0.1) is 0 Å². The number of para-hydroxylation sites is 2. The van der Waals surface area contributed by atoms with Gasteiger partial charge in [0.1, 0.15) is 6.04 Å². The SMILES string of the molecule is COc1ccccc1OCC(=O)N1CCNC(=O)C1c1ccccc1C. The van der Waals surface area contributed by atoms with Crippen LogP contribution in [0.15, 0.2) is 48.5 Å². The third-order valence-corrected chi connectivity index (χ3v) is 4.44. The van der Waals surface area contributed by atoms with Gasteiger partial charge in [0.15, 0.2) is 18.1 Å². The van der Waals surface area contributed by atoms with Crippen LogP contribution < -0.4 is 14.8 Å². The Labute approximate surface area is 152 Å². The number of benzene rings is 2. The van der Waals surface area contributed by atoms with Gasteiger partial charge in [-0.1, -0.05) is 36.4 Å². The van der Waals surface area contributed by atoms with Gasteiger partial charge in [-0.3, -0.25) is 9.59 Å². The number of carbonyl (C=O) groups is 2. The Kier molecular flexibility index (Phi) is 5.41. The molecule has 1 fully saturated rings. The summed E-state index contributed by atoms with van der Waals surface area (Å²) >= 11 is 0. The third-order valence-electron chi connectivity index (χ3n) is 4.44. The van der Waals surface area contributed by atoms with Crippen molar-refractivity contribution in [3.05, 3.63) is 59.7 Å². The molecule has 136 valence electrons. The molecule has 1 unspecified atom stereocenters. The molecular weight excluding hydrogens is 332 g/mol. The van der Waals surface area contributed by atoms with E-state index in [9.17, 15) is 9.59 Å². The lowest BCUT2D eigenvalue weighted by molar-refractivity contribution is -0.145. The lowest BCUT2D eigenvalue weighted by Crippen LogP contribution is -2.53. The van der Waals surface area contributed by atoms with Crippen molar-refractivity contribution >= 4 is 11.8 Å². The molecule has 0 radical (unpaired) electrons. The van der Waals surface area contributed by atoms with Gasteiger partial charge in [0.05, 0.1) is 7.11 Å². The minimum Gasteiger partial charge on any atom is -0.493 e. The van der Waals surface area contributed by atoms with Crippen molar-refractivity contribution in [1.82, 2.24) is 10.2 Å².